The number of nitrogens with zero attached hydrogens (tertiary/aromatic N) is 2. The second-order valence-electron chi connectivity index (χ2n) is 7.32. The first kappa shape index (κ1) is 19.9. The van der Waals surface area contributed by atoms with Gasteiger partial charge in [-0.1, -0.05) is 30.3 Å². The van der Waals surface area contributed by atoms with Crippen molar-refractivity contribution in [3.63, 3.8) is 0 Å². The lowest BCUT2D eigenvalue weighted by atomic mass is 9.95. The minimum atomic E-state index is -0.0493. The van der Waals surface area contributed by atoms with E-state index in [1.54, 1.807) is 23.2 Å². The molecule has 3 rings (SSSR count). The van der Waals surface area contributed by atoms with E-state index in [1.807, 2.05) is 44.2 Å². The number of rotatable bonds is 6. The van der Waals surface area contributed by atoms with Gasteiger partial charge in [-0.25, -0.2) is 4.98 Å². The van der Waals surface area contributed by atoms with E-state index >= 15 is 0 Å². The standard InChI is InChI=1S/C22H27N3O3/c1-16(2)28-20-9-8-19(15-23-20)22(27)25-12-10-18(11-13-25)21(26)24-14-17-6-4-3-5-7-17/h3-9,15-16,18H,10-14H2,1-2H3,(H,24,26). The number of likely N-dealkylation sites (tertiary alicyclic amines) is 1. The Hall–Kier alpha value is -2.89. The van der Waals surface area contributed by atoms with Crippen molar-refractivity contribution in [1.29, 1.82) is 0 Å². The number of benzene rings is 1. The molecule has 6 heteroatoms. The molecule has 1 aliphatic rings. The molecule has 0 radical (unpaired) electrons. The third-order valence-corrected chi connectivity index (χ3v) is 4.80. The van der Waals surface area contributed by atoms with Crippen LogP contribution in [-0.4, -0.2) is 40.9 Å². The fraction of sp³-hybridized carbons (Fsp3) is 0.409. The predicted molar refractivity (Wildman–Crippen MR) is 107 cm³/mol. The third-order valence-electron chi connectivity index (χ3n) is 4.80. The summed E-state index contributed by atoms with van der Waals surface area (Å²) in [6.45, 7) is 5.55. The number of pyridine rings is 1. The van der Waals surface area contributed by atoms with Crippen LogP contribution in [0.4, 0.5) is 0 Å². The number of aromatic nitrogens is 1. The predicted octanol–water partition coefficient (Wildman–Crippen LogP) is 3.04. The highest BCUT2D eigenvalue weighted by atomic mass is 16.5. The molecule has 0 unspecified atom stereocenters. The van der Waals surface area contributed by atoms with E-state index in [9.17, 15) is 9.59 Å². The summed E-state index contributed by atoms with van der Waals surface area (Å²) < 4.78 is 5.51. The van der Waals surface area contributed by atoms with Crippen LogP contribution in [0.25, 0.3) is 0 Å². The largest absolute Gasteiger partial charge is 0.475 e. The smallest absolute Gasteiger partial charge is 0.255 e. The first-order valence-corrected chi connectivity index (χ1v) is 9.76. The summed E-state index contributed by atoms with van der Waals surface area (Å²) in [6, 6.07) is 13.3. The average Bonchev–Trinajstić information content (AvgIpc) is 2.72. The lowest BCUT2D eigenvalue weighted by Crippen LogP contribution is -2.43. The molecule has 2 aromatic rings. The van der Waals surface area contributed by atoms with E-state index in [2.05, 4.69) is 10.3 Å². The normalized spacial score (nSPS) is 14.8. The van der Waals surface area contributed by atoms with Gasteiger partial charge in [0.15, 0.2) is 0 Å². The number of amides is 2. The number of piperidine rings is 1. The van der Waals surface area contributed by atoms with E-state index in [4.69, 9.17) is 4.74 Å². The van der Waals surface area contributed by atoms with Gasteiger partial charge in [0.25, 0.3) is 5.91 Å². The van der Waals surface area contributed by atoms with Gasteiger partial charge in [-0.15, -0.1) is 0 Å². The summed E-state index contributed by atoms with van der Waals surface area (Å²) in [5.74, 6) is 0.479. The molecule has 1 aliphatic heterocycles. The lowest BCUT2D eigenvalue weighted by Gasteiger charge is -2.31. The van der Waals surface area contributed by atoms with Crippen molar-refractivity contribution in [3.8, 4) is 5.88 Å². The van der Waals surface area contributed by atoms with E-state index in [0.29, 0.717) is 43.9 Å². The van der Waals surface area contributed by atoms with Gasteiger partial charge in [0.1, 0.15) is 0 Å². The molecule has 1 N–H and O–H groups in total. The Morgan fingerprint density at radius 1 is 1.14 bits per heavy atom. The Kier molecular flexibility index (Phi) is 6.63. The molecular formula is C22H27N3O3. The van der Waals surface area contributed by atoms with Gasteiger partial charge in [0, 0.05) is 37.8 Å². The van der Waals surface area contributed by atoms with Gasteiger partial charge in [-0.3, -0.25) is 9.59 Å². The maximum Gasteiger partial charge on any atom is 0.255 e. The van der Waals surface area contributed by atoms with Crippen LogP contribution in [0.1, 0.15) is 42.6 Å². The van der Waals surface area contributed by atoms with Crippen molar-refractivity contribution in [2.75, 3.05) is 13.1 Å². The molecule has 148 valence electrons. The molecule has 1 aromatic heterocycles. The Labute approximate surface area is 165 Å². The van der Waals surface area contributed by atoms with Crippen LogP contribution < -0.4 is 10.1 Å². The maximum absolute atomic E-state index is 12.7. The van der Waals surface area contributed by atoms with Gasteiger partial charge in [-0.05, 0) is 38.3 Å². The quantitative estimate of drug-likeness (QED) is 0.835. The van der Waals surface area contributed by atoms with Crippen molar-refractivity contribution in [2.45, 2.75) is 39.3 Å². The molecule has 1 fully saturated rings. The SMILES string of the molecule is CC(C)Oc1ccc(C(=O)N2CCC(C(=O)NCc3ccccc3)CC2)cn1. The van der Waals surface area contributed by atoms with Gasteiger partial charge >= 0.3 is 0 Å². The molecular weight excluding hydrogens is 354 g/mol. The van der Waals surface area contributed by atoms with Crippen molar-refractivity contribution in [2.24, 2.45) is 5.92 Å². The van der Waals surface area contributed by atoms with Crippen molar-refractivity contribution in [1.82, 2.24) is 15.2 Å². The Morgan fingerprint density at radius 2 is 1.86 bits per heavy atom. The van der Waals surface area contributed by atoms with Crippen molar-refractivity contribution >= 4 is 11.8 Å². The minimum Gasteiger partial charge on any atom is -0.475 e. The first-order chi connectivity index (χ1) is 13.5. The van der Waals surface area contributed by atoms with E-state index in [-0.39, 0.29) is 23.8 Å². The molecule has 2 heterocycles. The van der Waals surface area contributed by atoms with Crippen molar-refractivity contribution < 1.29 is 14.3 Å². The zero-order chi connectivity index (χ0) is 19.9. The molecule has 1 aromatic carbocycles. The highest BCUT2D eigenvalue weighted by Gasteiger charge is 2.27. The molecule has 0 aliphatic carbocycles. The van der Waals surface area contributed by atoms with Crippen LogP contribution in [0.2, 0.25) is 0 Å². The fourth-order valence-corrected chi connectivity index (χ4v) is 3.27. The lowest BCUT2D eigenvalue weighted by molar-refractivity contribution is -0.126. The second-order valence-corrected chi connectivity index (χ2v) is 7.32. The highest BCUT2D eigenvalue weighted by Crippen LogP contribution is 2.20. The highest BCUT2D eigenvalue weighted by molar-refractivity contribution is 5.94. The van der Waals surface area contributed by atoms with E-state index in [1.165, 1.54) is 0 Å². The number of hydrogen-bond acceptors (Lipinski definition) is 4. The summed E-state index contributed by atoms with van der Waals surface area (Å²) >= 11 is 0. The molecule has 0 bridgehead atoms. The van der Waals surface area contributed by atoms with Crippen LogP contribution in [0, 0.1) is 5.92 Å². The Morgan fingerprint density at radius 3 is 2.46 bits per heavy atom. The number of carbonyl (C=O) groups excluding carboxylic acids is 2. The van der Waals surface area contributed by atoms with Gasteiger partial charge < -0.3 is 15.0 Å². The molecule has 0 atom stereocenters. The van der Waals surface area contributed by atoms with Gasteiger partial charge in [-0.2, -0.15) is 0 Å². The summed E-state index contributed by atoms with van der Waals surface area (Å²) in [5, 5.41) is 3.00. The van der Waals surface area contributed by atoms with Crippen LogP contribution >= 0.6 is 0 Å². The topological polar surface area (TPSA) is 71.5 Å². The Balaban J connectivity index is 1.47. The van der Waals surface area contributed by atoms with Crippen LogP contribution in [0.5, 0.6) is 5.88 Å². The van der Waals surface area contributed by atoms with E-state index in [0.717, 1.165) is 5.56 Å². The van der Waals surface area contributed by atoms with Crippen LogP contribution in [0.15, 0.2) is 48.7 Å². The zero-order valence-electron chi connectivity index (χ0n) is 16.4. The third kappa shape index (κ3) is 5.31. The number of carbonyl (C=O) groups is 2. The molecule has 2 amide bonds. The second kappa shape index (κ2) is 9.35. The van der Waals surface area contributed by atoms with Gasteiger partial charge in [0.2, 0.25) is 11.8 Å². The monoisotopic (exact) mass is 381 g/mol. The molecule has 1 saturated heterocycles. The van der Waals surface area contributed by atoms with Crippen molar-refractivity contribution in [3.05, 3.63) is 59.8 Å². The summed E-state index contributed by atoms with van der Waals surface area (Å²) in [6.07, 6.45) is 2.95. The summed E-state index contributed by atoms with van der Waals surface area (Å²) in [5.41, 5.74) is 1.63. The minimum absolute atomic E-state index is 0.0427. The maximum atomic E-state index is 12.7. The zero-order valence-corrected chi connectivity index (χ0v) is 16.4. The summed E-state index contributed by atoms with van der Waals surface area (Å²) in [7, 11) is 0. The fourth-order valence-electron chi connectivity index (χ4n) is 3.27. The first-order valence-electron chi connectivity index (χ1n) is 9.76. The van der Waals surface area contributed by atoms with Crippen LogP contribution in [0.3, 0.4) is 0 Å². The molecule has 0 spiro atoms. The van der Waals surface area contributed by atoms with Crippen LogP contribution in [-0.2, 0) is 11.3 Å². The average molecular weight is 381 g/mol. The summed E-state index contributed by atoms with van der Waals surface area (Å²) in [4.78, 5) is 31.1. The number of ether oxygens (including phenoxy) is 1. The Bertz CT molecular complexity index is 782. The number of hydrogen-bond donors (Lipinski definition) is 1. The number of nitrogens with one attached hydrogen (secondary N) is 1. The molecule has 6 nitrogen and oxygen atoms in total. The molecule has 28 heavy (non-hydrogen) atoms. The van der Waals surface area contributed by atoms with Gasteiger partial charge in [0.05, 0.1) is 11.7 Å². The molecule has 0 saturated carbocycles. The van der Waals surface area contributed by atoms with E-state index < -0.39 is 0 Å².